The van der Waals surface area contributed by atoms with Crippen LogP contribution < -0.4 is 4.74 Å². The predicted molar refractivity (Wildman–Crippen MR) is 62.7 cm³/mol. The quantitative estimate of drug-likeness (QED) is 0.843. The van der Waals surface area contributed by atoms with Crippen LogP contribution in [-0.2, 0) is 13.2 Å². The molecule has 0 bridgehead atoms. The molecular formula is C12H15N3O2. The summed E-state index contributed by atoms with van der Waals surface area (Å²) in [4.78, 5) is 0. The van der Waals surface area contributed by atoms with Gasteiger partial charge in [0.15, 0.2) is 0 Å². The van der Waals surface area contributed by atoms with Gasteiger partial charge >= 0.3 is 0 Å². The molecule has 1 aromatic heterocycles. The Morgan fingerprint density at radius 3 is 2.65 bits per heavy atom. The minimum atomic E-state index is -0.0801. The van der Waals surface area contributed by atoms with Gasteiger partial charge in [-0.1, -0.05) is 17.3 Å². The summed E-state index contributed by atoms with van der Waals surface area (Å²) in [5, 5.41) is 16.6. The molecule has 2 rings (SSSR count). The summed E-state index contributed by atoms with van der Waals surface area (Å²) in [5.74, 6) is 0.867. The molecule has 0 aliphatic rings. The first kappa shape index (κ1) is 11.6. The van der Waals surface area contributed by atoms with E-state index in [1.807, 2.05) is 31.2 Å². The topological polar surface area (TPSA) is 60.2 Å². The monoisotopic (exact) mass is 233 g/mol. The van der Waals surface area contributed by atoms with Crippen molar-refractivity contribution < 1.29 is 9.84 Å². The fourth-order valence-electron chi connectivity index (χ4n) is 1.53. The van der Waals surface area contributed by atoms with Crippen molar-refractivity contribution in [1.29, 1.82) is 0 Å². The van der Waals surface area contributed by atoms with Gasteiger partial charge in [0.2, 0.25) is 0 Å². The number of nitrogens with zero attached hydrogens (tertiary/aromatic N) is 3. The molecule has 0 aliphatic heterocycles. The summed E-state index contributed by atoms with van der Waals surface area (Å²) in [7, 11) is 0. The second kappa shape index (κ2) is 5.45. The van der Waals surface area contributed by atoms with Crippen LogP contribution in [0.15, 0.2) is 30.5 Å². The number of aromatic nitrogens is 3. The first-order valence-corrected chi connectivity index (χ1v) is 5.53. The van der Waals surface area contributed by atoms with Crippen LogP contribution in [0.3, 0.4) is 0 Å². The molecule has 0 atom stereocenters. The van der Waals surface area contributed by atoms with Crippen LogP contribution in [0.5, 0.6) is 5.75 Å². The summed E-state index contributed by atoms with van der Waals surface area (Å²) in [6, 6.07) is 7.85. The first-order chi connectivity index (χ1) is 8.31. The van der Waals surface area contributed by atoms with Gasteiger partial charge in [-0.25, -0.2) is 4.68 Å². The molecule has 0 aliphatic carbocycles. The second-order valence-corrected chi connectivity index (χ2v) is 3.64. The fourth-order valence-corrected chi connectivity index (χ4v) is 1.53. The van der Waals surface area contributed by atoms with Crippen LogP contribution in [0.1, 0.15) is 18.2 Å². The number of hydrogen-bond acceptors (Lipinski definition) is 4. The molecule has 0 unspecified atom stereocenters. The molecule has 0 saturated carbocycles. The Morgan fingerprint density at radius 2 is 2.06 bits per heavy atom. The lowest BCUT2D eigenvalue weighted by Crippen LogP contribution is -2.00. The molecule has 2 aromatic rings. The lowest BCUT2D eigenvalue weighted by atomic mass is 10.2. The lowest BCUT2D eigenvalue weighted by Gasteiger charge is -2.04. The summed E-state index contributed by atoms with van der Waals surface area (Å²) in [6.07, 6.45) is 1.73. The van der Waals surface area contributed by atoms with Gasteiger partial charge in [-0.2, -0.15) is 0 Å². The minimum absolute atomic E-state index is 0.0801. The van der Waals surface area contributed by atoms with Crippen molar-refractivity contribution in [1.82, 2.24) is 15.0 Å². The second-order valence-electron chi connectivity index (χ2n) is 3.64. The third-order valence-corrected chi connectivity index (χ3v) is 2.33. The molecule has 0 spiro atoms. The van der Waals surface area contributed by atoms with E-state index in [9.17, 15) is 0 Å². The van der Waals surface area contributed by atoms with E-state index < -0.39 is 0 Å². The highest BCUT2D eigenvalue weighted by Gasteiger charge is 2.00. The van der Waals surface area contributed by atoms with E-state index in [2.05, 4.69) is 10.3 Å². The van der Waals surface area contributed by atoms with Crippen LogP contribution in [0.4, 0.5) is 0 Å². The van der Waals surface area contributed by atoms with E-state index in [1.54, 1.807) is 10.9 Å². The van der Waals surface area contributed by atoms with Gasteiger partial charge in [0.05, 0.1) is 26.0 Å². The Balaban J connectivity index is 2.03. The molecule has 1 aromatic carbocycles. The number of ether oxygens (including phenoxy) is 1. The van der Waals surface area contributed by atoms with Gasteiger partial charge in [-0.05, 0) is 24.6 Å². The van der Waals surface area contributed by atoms with Crippen LogP contribution in [-0.4, -0.2) is 26.7 Å². The number of aliphatic hydroxyl groups excluding tert-OH is 1. The maximum Gasteiger partial charge on any atom is 0.119 e. The van der Waals surface area contributed by atoms with E-state index in [0.29, 0.717) is 18.8 Å². The van der Waals surface area contributed by atoms with Crippen LogP contribution in [0.25, 0.3) is 0 Å². The first-order valence-electron chi connectivity index (χ1n) is 5.53. The van der Waals surface area contributed by atoms with Gasteiger partial charge in [0.25, 0.3) is 0 Å². The third-order valence-electron chi connectivity index (χ3n) is 2.33. The van der Waals surface area contributed by atoms with Gasteiger partial charge in [0, 0.05) is 0 Å². The summed E-state index contributed by atoms with van der Waals surface area (Å²) in [5.41, 5.74) is 1.69. The predicted octanol–water partition coefficient (Wildman–Crippen LogP) is 1.22. The molecule has 0 amide bonds. The van der Waals surface area contributed by atoms with Gasteiger partial charge < -0.3 is 9.84 Å². The van der Waals surface area contributed by atoms with Crippen molar-refractivity contribution in [2.45, 2.75) is 20.1 Å². The van der Waals surface area contributed by atoms with Gasteiger partial charge in [-0.15, -0.1) is 5.10 Å². The molecule has 1 N–H and O–H groups in total. The average Bonchev–Trinajstić information content (AvgIpc) is 2.80. The van der Waals surface area contributed by atoms with Crippen molar-refractivity contribution in [3.63, 3.8) is 0 Å². The summed E-state index contributed by atoms with van der Waals surface area (Å²) < 4.78 is 7.06. The normalized spacial score (nSPS) is 10.5. The lowest BCUT2D eigenvalue weighted by molar-refractivity contribution is 0.276. The number of hydrogen-bond donors (Lipinski definition) is 1. The highest BCUT2D eigenvalue weighted by atomic mass is 16.5. The van der Waals surface area contributed by atoms with Crippen molar-refractivity contribution in [2.24, 2.45) is 0 Å². The molecular weight excluding hydrogens is 218 g/mol. The molecule has 5 nitrogen and oxygen atoms in total. The molecule has 17 heavy (non-hydrogen) atoms. The standard InChI is InChI=1S/C12H15N3O2/c1-2-17-12-5-3-10(4-6-12)7-15-8-11(9-16)13-14-15/h3-6,8,16H,2,7,9H2,1H3. The minimum Gasteiger partial charge on any atom is -0.494 e. The molecule has 0 fully saturated rings. The van der Waals surface area contributed by atoms with E-state index in [4.69, 9.17) is 9.84 Å². The Labute approximate surface area is 99.7 Å². The Bertz CT molecular complexity index is 465. The number of aliphatic hydroxyl groups is 1. The zero-order valence-electron chi connectivity index (χ0n) is 9.71. The maximum atomic E-state index is 8.88. The van der Waals surface area contributed by atoms with Crippen molar-refractivity contribution in [3.05, 3.63) is 41.7 Å². The van der Waals surface area contributed by atoms with Crippen molar-refractivity contribution in [2.75, 3.05) is 6.61 Å². The largest absolute Gasteiger partial charge is 0.494 e. The Hall–Kier alpha value is -1.88. The third kappa shape index (κ3) is 3.04. The number of rotatable bonds is 5. The maximum absolute atomic E-state index is 8.88. The zero-order chi connectivity index (χ0) is 12.1. The van der Waals surface area contributed by atoms with E-state index in [1.165, 1.54) is 0 Å². The Morgan fingerprint density at radius 1 is 1.29 bits per heavy atom. The smallest absolute Gasteiger partial charge is 0.119 e. The summed E-state index contributed by atoms with van der Waals surface area (Å²) in [6.45, 7) is 3.19. The van der Waals surface area contributed by atoms with Gasteiger partial charge in [0.1, 0.15) is 11.4 Å². The molecule has 0 saturated heterocycles. The molecule has 90 valence electrons. The highest BCUT2D eigenvalue weighted by molar-refractivity contribution is 5.27. The SMILES string of the molecule is CCOc1ccc(Cn2cc(CO)nn2)cc1. The van der Waals surface area contributed by atoms with Crippen LogP contribution >= 0.6 is 0 Å². The molecule has 1 heterocycles. The number of benzene rings is 1. The van der Waals surface area contributed by atoms with E-state index in [0.717, 1.165) is 11.3 Å². The average molecular weight is 233 g/mol. The zero-order valence-corrected chi connectivity index (χ0v) is 9.71. The van der Waals surface area contributed by atoms with E-state index >= 15 is 0 Å². The van der Waals surface area contributed by atoms with Crippen molar-refractivity contribution >= 4 is 0 Å². The van der Waals surface area contributed by atoms with Crippen LogP contribution in [0, 0.1) is 0 Å². The summed E-state index contributed by atoms with van der Waals surface area (Å²) >= 11 is 0. The molecule has 0 radical (unpaired) electrons. The molecule has 5 heteroatoms. The van der Waals surface area contributed by atoms with E-state index in [-0.39, 0.29) is 6.61 Å². The Kier molecular flexibility index (Phi) is 3.72. The van der Waals surface area contributed by atoms with Gasteiger partial charge in [-0.3, -0.25) is 0 Å². The fraction of sp³-hybridized carbons (Fsp3) is 0.333. The highest BCUT2D eigenvalue weighted by Crippen LogP contribution is 2.12. The van der Waals surface area contributed by atoms with Crippen molar-refractivity contribution in [3.8, 4) is 5.75 Å². The van der Waals surface area contributed by atoms with Crippen LogP contribution in [0.2, 0.25) is 0 Å².